The topological polar surface area (TPSA) is 56.1 Å². The van der Waals surface area contributed by atoms with Crippen molar-refractivity contribution in [1.29, 1.82) is 0 Å². The molecule has 5 nitrogen and oxygen atoms in total. The summed E-state index contributed by atoms with van der Waals surface area (Å²) in [5.41, 5.74) is 0.729. The lowest BCUT2D eigenvalue weighted by atomic mass is 10.2. The van der Waals surface area contributed by atoms with Crippen LogP contribution in [0.25, 0.3) is 0 Å². The second-order valence-corrected chi connectivity index (χ2v) is 4.26. The first-order chi connectivity index (χ1) is 8.29. The Morgan fingerprint density at radius 1 is 1.65 bits per heavy atom. The number of rotatable bonds is 5. The van der Waals surface area contributed by atoms with Crippen molar-refractivity contribution in [2.24, 2.45) is 0 Å². The van der Waals surface area contributed by atoms with Gasteiger partial charge in [-0.15, -0.1) is 0 Å². The Kier molecular flexibility index (Phi) is 4.14. The summed E-state index contributed by atoms with van der Waals surface area (Å²) in [6.07, 6.45) is 5.10. The quantitative estimate of drug-likeness (QED) is 0.837. The van der Waals surface area contributed by atoms with Gasteiger partial charge in [-0.25, -0.2) is 4.68 Å². The molecule has 0 bridgehead atoms. The normalized spacial score (nSPS) is 19.5. The first-order valence-corrected chi connectivity index (χ1v) is 6.22. The molecule has 94 valence electrons. The van der Waals surface area contributed by atoms with Crippen molar-refractivity contribution in [3.63, 3.8) is 0 Å². The Balaban J connectivity index is 1.93. The SMILES string of the molecule is CCNc1cnn(CCC2CCCO2)c(=O)c1. The lowest BCUT2D eigenvalue weighted by Gasteiger charge is -2.10. The third-order valence-corrected chi connectivity index (χ3v) is 2.94. The van der Waals surface area contributed by atoms with Crippen LogP contribution < -0.4 is 10.9 Å². The van der Waals surface area contributed by atoms with Gasteiger partial charge in [0.15, 0.2) is 0 Å². The van der Waals surface area contributed by atoms with E-state index in [-0.39, 0.29) is 5.56 Å². The van der Waals surface area contributed by atoms with Crippen LogP contribution in [0.2, 0.25) is 0 Å². The van der Waals surface area contributed by atoms with Gasteiger partial charge in [-0.2, -0.15) is 5.10 Å². The minimum absolute atomic E-state index is 0.0542. The van der Waals surface area contributed by atoms with E-state index >= 15 is 0 Å². The van der Waals surface area contributed by atoms with Crippen LogP contribution in [0.3, 0.4) is 0 Å². The third-order valence-electron chi connectivity index (χ3n) is 2.94. The summed E-state index contributed by atoms with van der Waals surface area (Å²) in [6.45, 7) is 4.27. The van der Waals surface area contributed by atoms with Gasteiger partial charge in [0.1, 0.15) is 0 Å². The van der Waals surface area contributed by atoms with Crippen molar-refractivity contribution in [2.45, 2.75) is 38.8 Å². The van der Waals surface area contributed by atoms with Gasteiger partial charge in [0.25, 0.3) is 5.56 Å². The molecule has 1 aliphatic heterocycles. The fraction of sp³-hybridized carbons (Fsp3) is 0.667. The van der Waals surface area contributed by atoms with Crippen LogP contribution in [-0.2, 0) is 11.3 Å². The summed E-state index contributed by atoms with van der Waals surface area (Å²) >= 11 is 0. The molecule has 1 saturated heterocycles. The van der Waals surface area contributed by atoms with Crippen LogP contribution in [0.15, 0.2) is 17.1 Å². The van der Waals surface area contributed by atoms with Gasteiger partial charge < -0.3 is 10.1 Å². The van der Waals surface area contributed by atoms with Crippen LogP contribution >= 0.6 is 0 Å². The number of aromatic nitrogens is 2. The van der Waals surface area contributed by atoms with Crippen molar-refractivity contribution in [1.82, 2.24) is 9.78 Å². The van der Waals surface area contributed by atoms with Gasteiger partial charge in [-0.05, 0) is 26.2 Å². The highest BCUT2D eigenvalue weighted by Crippen LogP contribution is 2.15. The molecule has 0 radical (unpaired) electrons. The number of hydrogen-bond acceptors (Lipinski definition) is 4. The summed E-state index contributed by atoms with van der Waals surface area (Å²) in [7, 11) is 0. The second-order valence-electron chi connectivity index (χ2n) is 4.26. The average Bonchev–Trinajstić information content (AvgIpc) is 2.81. The minimum atomic E-state index is -0.0542. The van der Waals surface area contributed by atoms with Crippen molar-refractivity contribution >= 4 is 5.69 Å². The molecule has 1 aromatic heterocycles. The zero-order chi connectivity index (χ0) is 12.1. The average molecular weight is 237 g/mol. The standard InChI is InChI=1S/C12H19N3O2/c1-2-13-10-8-12(16)15(14-9-10)6-5-11-4-3-7-17-11/h8-9,11,13H,2-7H2,1H3. The summed E-state index contributed by atoms with van der Waals surface area (Å²) in [4.78, 5) is 11.7. The Labute approximate surface area is 101 Å². The van der Waals surface area contributed by atoms with E-state index in [9.17, 15) is 4.79 Å². The van der Waals surface area contributed by atoms with Gasteiger partial charge in [-0.3, -0.25) is 4.79 Å². The molecule has 1 atom stereocenters. The fourth-order valence-electron chi connectivity index (χ4n) is 2.04. The minimum Gasteiger partial charge on any atom is -0.384 e. The molecule has 0 aliphatic carbocycles. The van der Waals surface area contributed by atoms with Gasteiger partial charge in [0.05, 0.1) is 18.0 Å². The Morgan fingerprint density at radius 3 is 3.18 bits per heavy atom. The predicted octanol–water partition coefficient (Wildman–Crippen LogP) is 1.24. The van der Waals surface area contributed by atoms with E-state index in [0.717, 1.165) is 38.1 Å². The number of anilines is 1. The van der Waals surface area contributed by atoms with E-state index in [2.05, 4.69) is 10.4 Å². The molecular formula is C12H19N3O2. The number of hydrogen-bond donors (Lipinski definition) is 1. The molecule has 1 aromatic rings. The Bertz CT molecular complexity index is 410. The molecule has 2 heterocycles. The van der Waals surface area contributed by atoms with Gasteiger partial charge >= 0.3 is 0 Å². The van der Waals surface area contributed by atoms with Crippen molar-refractivity contribution in [2.75, 3.05) is 18.5 Å². The lowest BCUT2D eigenvalue weighted by Crippen LogP contribution is -2.24. The maximum atomic E-state index is 11.7. The van der Waals surface area contributed by atoms with Crippen LogP contribution in [0.5, 0.6) is 0 Å². The largest absolute Gasteiger partial charge is 0.384 e. The number of nitrogens with one attached hydrogen (secondary N) is 1. The zero-order valence-corrected chi connectivity index (χ0v) is 10.2. The maximum Gasteiger partial charge on any atom is 0.268 e. The predicted molar refractivity (Wildman–Crippen MR) is 66.3 cm³/mol. The summed E-state index contributed by atoms with van der Waals surface area (Å²) in [6, 6.07) is 1.59. The molecule has 0 saturated carbocycles. The Morgan fingerprint density at radius 2 is 2.53 bits per heavy atom. The molecule has 2 rings (SSSR count). The van der Waals surface area contributed by atoms with Crippen LogP contribution in [-0.4, -0.2) is 29.0 Å². The zero-order valence-electron chi connectivity index (χ0n) is 10.2. The fourth-order valence-corrected chi connectivity index (χ4v) is 2.04. The van der Waals surface area contributed by atoms with Crippen LogP contribution in [0.1, 0.15) is 26.2 Å². The van der Waals surface area contributed by atoms with E-state index in [1.54, 1.807) is 12.3 Å². The molecular weight excluding hydrogens is 218 g/mol. The molecule has 1 unspecified atom stereocenters. The smallest absolute Gasteiger partial charge is 0.268 e. The molecule has 0 amide bonds. The van der Waals surface area contributed by atoms with Gasteiger partial charge in [0, 0.05) is 25.8 Å². The van der Waals surface area contributed by atoms with E-state index in [0.29, 0.717) is 12.6 Å². The van der Waals surface area contributed by atoms with E-state index in [4.69, 9.17) is 4.74 Å². The first-order valence-electron chi connectivity index (χ1n) is 6.22. The van der Waals surface area contributed by atoms with E-state index < -0.39 is 0 Å². The van der Waals surface area contributed by atoms with Crippen molar-refractivity contribution in [3.05, 3.63) is 22.6 Å². The van der Waals surface area contributed by atoms with Crippen molar-refractivity contribution in [3.8, 4) is 0 Å². The highest BCUT2D eigenvalue weighted by Gasteiger charge is 2.15. The molecule has 0 aromatic carbocycles. The summed E-state index contributed by atoms with van der Waals surface area (Å²) in [5.74, 6) is 0. The monoisotopic (exact) mass is 237 g/mol. The van der Waals surface area contributed by atoms with Crippen LogP contribution in [0, 0.1) is 0 Å². The van der Waals surface area contributed by atoms with E-state index in [1.807, 2.05) is 6.92 Å². The Hall–Kier alpha value is -1.36. The third kappa shape index (κ3) is 3.30. The van der Waals surface area contributed by atoms with Crippen molar-refractivity contribution < 1.29 is 4.74 Å². The molecule has 17 heavy (non-hydrogen) atoms. The van der Waals surface area contributed by atoms with Gasteiger partial charge in [0.2, 0.25) is 0 Å². The first kappa shape index (κ1) is 12.1. The summed E-state index contributed by atoms with van der Waals surface area (Å²) < 4.78 is 7.02. The molecule has 1 N–H and O–H groups in total. The molecule has 1 aliphatic rings. The number of aryl methyl sites for hydroxylation is 1. The maximum absolute atomic E-state index is 11.7. The lowest BCUT2D eigenvalue weighted by molar-refractivity contribution is 0.0990. The van der Waals surface area contributed by atoms with Gasteiger partial charge in [-0.1, -0.05) is 0 Å². The summed E-state index contributed by atoms with van der Waals surface area (Å²) in [5, 5.41) is 7.22. The highest BCUT2D eigenvalue weighted by atomic mass is 16.5. The van der Waals surface area contributed by atoms with Crippen LogP contribution in [0.4, 0.5) is 5.69 Å². The number of nitrogens with zero attached hydrogens (tertiary/aromatic N) is 2. The molecule has 0 spiro atoms. The van der Waals surface area contributed by atoms with E-state index in [1.165, 1.54) is 4.68 Å². The highest BCUT2D eigenvalue weighted by molar-refractivity contribution is 5.38. The molecule has 5 heteroatoms. The molecule has 1 fully saturated rings. The second kappa shape index (κ2) is 5.82. The number of ether oxygens (including phenoxy) is 1.